The standard InChI is InChI=1S/C22H16Cl2N2O5S/c1-12(21(28)30-2)26-20(27)18(32-22(26)29)9-13-7-16(23)19(17(24)8-13)31-11-15-6-4-3-5-14(15)10-25/h3-9,12H,11H2,1-2H3/b18-9+/t12-/m0/s1. The van der Waals surface area contributed by atoms with Crippen LogP contribution in [0.3, 0.4) is 0 Å². The summed E-state index contributed by atoms with van der Waals surface area (Å²) in [5, 5.41) is 9.00. The molecule has 1 fully saturated rings. The van der Waals surface area contributed by atoms with Crippen LogP contribution in [0.4, 0.5) is 4.79 Å². The summed E-state index contributed by atoms with van der Waals surface area (Å²) in [4.78, 5) is 37.5. The first-order valence-corrected chi connectivity index (χ1v) is 10.8. The van der Waals surface area contributed by atoms with Crippen molar-refractivity contribution in [3.63, 3.8) is 0 Å². The molecule has 2 amide bonds. The lowest BCUT2D eigenvalue weighted by Gasteiger charge is -2.18. The van der Waals surface area contributed by atoms with E-state index >= 15 is 0 Å². The Morgan fingerprint density at radius 1 is 1.25 bits per heavy atom. The van der Waals surface area contributed by atoms with Crippen LogP contribution in [0.1, 0.15) is 23.6 Å². The van der Waals surface area contributed by atoms with Gasteiger partial charge in [0.25, 0.3) is 11.1 Å². The van der Waals surface area contributed by atoms with Crippen molar-refractivity contribution in [1.82, 2.24) is 4.90 Å². The Labute approximate surface area is 198 Å². The Morgan fingerprint density at radius 2 is 1.91 bits per heavy atom. The van der Waals surface area contributed by atoms with Crippen molar-refractivity contribution < 1.29 is 23.9 Å². The molecule has 0 radical (unpaired) electrons. The molecular weight excluding hydrogens is 475 g/mol. The number of halogens is 2. The number of hydrogen-bond donors (Lipinski definition) is 0. The maximum atomic E-state index is 12.6. The maximum absolute atomic E-state index is 12.6. The van der Waals surface area contributed by atoms with E-state index in [1.165, 1.54) is 32.2 Å². The average molecular weight is 491 g/mol. The molecule has 3 rings (SSSR count). The Hall–Kier alpha value is -2.99. The predicted octanol–water partition coefficient (Wildman–Crippen LogP) is 5.04. The van der Waals surface area contributed by atoms with E-state index in [0.29, 0.717) is 28.5 Å². The number of carbonyl (C=O) groups is 3. The van der Waals surface area contributed by atoms with E-state index in [2.05, 4.69) is 10.8 Å². The number of nitriles is 1. The van der Waals surface area contributed by atoms with Crippen LogP contribution in [-0.4, -0.2) is 35.2 Å². The third-order valence-electron chi connectivity index (χ3n) is 4.58. The third kappa shape index (κ3) is 4.91. The van der Waals surface area contributed by atoms with Gasteiger partial charge < -0.3 is 9.47 Å². The van der Waals surface area contributed by atoms with Gasteiger partial charge in [-0.15, -0.1) is 0 Å². The van der Waals surface area contributed by atoms with Crippen LogP contribution in [0.15, 0.2) is 41.3 Å². The molecule has 2 aromatic carbocycles. The second kappa shape index (κ2) is 10.1. The van der Waals surface area contributed by atoms with Crippen molar-refractivity contribution >= 4 is 58.2 Å². The Kier molecular flexibility index (Phi) is 7.46. The number of benzene rings is 2. The Balaban J connectivity index is 1.81. The number of imide groups is 1. The van der Waals surface area contributed by atoms with E-state index in [1.807, 2.05) is 0 Å². The van der Waals surface area contributed by atoms with Crippen LogP contribution in [0.2, 0.25) is 10.0 Å². The van der Waals surface area contributed by atoms with Gasteiger partial charge in [0.15, 0.2) is 5.75 Å². The Morgan fingerprint density at radius 3 is 2.53 bits per heavy atom. The molecule has 7 nitrogen and oxygen atoms in total. The second-order valence-electron chi connectivity index (χ2n) is 6.62. The largest absolute Gasteiger partial charge is 0.486 e. The number of nitrogens with zero attached hydrogens (tertiary/aromatic N) is 2. The summed E-state index contributed by atoms with van der Waals surface area (Å²) in [5.41, 5.74) is 1.63. The van der Waals surface area contributed by atoms with Gasteiger partial charge in [-0.25, -0.2) is 4.79 Å². The quantitative estimate of drug-likeness (QED) is 0.413. The summed E-state index contributed by atoms with van der Waals surface area (Å²) < 4.78 is 10.3. The van der Waals surface area contributed by atoms with Gasteiger partial charge >= 0.3 is 5.97 Å². The Bertz CT molecular complexity index is 1150. The van der Waals surface area contributed by atoms with Crippen molar-refractivity contribution in [2.75, 3.05) is 7.11 Å². The molecule has 1 atom stereocenters. The minimum atomic E-state index is -1.04. The molecule has 164 valence electrons. The van der Waals surface area contributed by atoms with Crippen molar-refractivity contribution in [2.45, 2.75) is 19.6 Å². The van der Waals surface area contributed by atoms with Crippen molar-refractivity contribution in [3.8, 4) is 11.8 Å². The van der Waals surface area contributed by atoms with Crippen LogP contribution >= 0.6 is 35.0 Å². The SMILES string of the molecule is COC(=O)[C@H](C)N1C(=O)S/C(=C/c2cc(Cl)c(OCc3ccccc3C#N)c(Cl)c2)C1=O. The van der Waals surface area contributed by atoms with Crippen molar-refractivity contribution in [3.05, 3.63) is 68.0 Å². The predicted molar refractivity (Wildman–Crippen MR) is 121 cm³/mol. The van der Waals surface area contributed by atoms with Gasteiger partial charge in [0, 0.05) is 5.56 Å². The fourth-order valence-corrected chi connectivity index (χ4v) is 4.47. The molecule has 0 N–H and O–H groups in total. The van der Waals surface area contributed by atoms with E-state index in [9.17, 15) is 19.6 Å². The molecule has 0 aliphatic carbocycles. The lowest BCUT2D eigenvalue weighted by atomic mass is 10.1. The molecule has 10 heteroatoms. The van der Waals surface area contributed by atoms with Gasteiger partial charge in [-0.2, -0.15) is 5.26 Å². The van der Waals surface area contributed by atoms with Gasteiger partial charge in [-0.1, -0.05) is 41.4 Å². The van der Waals surface area contributed by atoms with Gasteiger partial charge in [-0.3, -0.25) is 14.5 Å². The molecule has 1 aliphatic heterocycles. The molecule has 0 spiro atoms. The van der Waals surface area contributed by atoms with E-state index < -0.39 is 23.2 Å². The molecule has 32 heavy (non-hydrogen) atoms. The van der Waals surface area contributed by atoms with Gasteiger partial charge in [-0.05, 0) is 48.5 Å². The molecule has 1 heterocycles. The van der Waals surface area contributed by atoms with Crippen LogP contribution in [0.25, 0.3) is 6.08 Å². The van der Waals surface area contributed by atoms with Gasteiger partial charge in [0.05, 0.1) is 33.7 Å². The summed E-state index contributed by atoms with van der Waals surface area (Å²) in [7, 11) is 1.18. The maximum Gasteiger partial charge on any atom is 0.328 e. The number of amides is 2. The molecular formula is C22H16Cl2N2O5S. The average Bonchev–Trinajstić information content (AvgIpc) is 3.04. The number of thioether (sulfide) groups is 1. The summed E-state index contributed by atoms with van der Waals surface area (Å²) in [5.74, 6) is -1.08. The van der Waals surface area contributed by atoms with Gasteiger partial charge in [0.2, 0.25) is 0 Å². The number of carbonyl (C=O) groups excluding carboxylic acids is 3. The highest BCUT2D eigenvalue weighted by Gasteiger charge is 2.41. The van der Waals surface area contributed by atoms with Gasteiger partial charge in [0.1, 0.15) is 12.6 Å². The molecule has 0 bridgehead atoms. The van der Waals surface area contributed by atoms with E-state index in [1.54, 1.807) is 24.3 Å². The minimum absolute atomic E-state index is 0.0901. The van der Waals surface area contributed by atoms with Crippen molar-refractivity contribution in [2.24, 2.45) is 0 Å². The number of ether oxygens (including phenoxy) is 2. The number of rotatable bonds is 6. The topological polar surface area (TPSA) is 96.7 Å². The summed E-state index contributed by atoms with van der Waals surface area (Å²) >= 11 is 13.4. The molecule has 0 unspecified atom stereocenters. The summed E-state index contributed by atoms with van der Waals surface area (Å²) in [6.07, 6.45) is 1.46. The zero-order valence-electron chi connectivity index (χ0n) is 16.9. The summed E-state index contributed by atoms with van der Waals surface area (Å²) in [6.45, 7) is 1.50. The smallest absolute Gasteiger partial charge is 0.328 e. The number of methoxy groups -OCH3 is 1. The number of hydrogen-bond acceptors (Lipinski definition) is 7. The first kappa shape index (κ1) is 23.7. The molecule has 0 aromatic heterocycles. The minimum Gasteiger partial charge on any atom is -0.486 e. The molecule has 0 saturated carbocycles. The van der Waals surface area contributed by atoms with E-state index in [-0.39, 0.29) is 27.3 Å². The highest BCUT2D eigenvalue weighted by Crippen LogP contribution is 2.38. The lowest BCUT2D eigenvalue weighted by molar-refractivity contribution is -0.148. The lowest BCUT2D eigenvalue weighted by Crippen LogP contribution is -2.42. The first-order valence-electron chi connectivity index (χ1n) is 9.21. The van der Waals surface area contributed by atoms with Crippen LogP contribution < -0.4 is 4.74 Å². The zero-order chi connectivity index (χ0) is 23.4. The fourth-order valence-electron chi connectivity index (χ4n) is 2.95. The van der Waals surface area contributed by atoms with E-state index in [4.69, 9.17) is 27.9 Å². The van der Waals surface area contributed by atoms with Crippen molar-refractivity contribution in [1.29, 1.82) is 5.26 Å². The fraction of sp³-hybridized carbons (Fsp3) is 0.182. The highest BCUT2D eigenvalue weighted by atomic mass is 35.5. The van der Waals surface area contributed by atoms with Crippen LogP contribution in [0, 0.1) is 11.3 Å². The van der Waals surface area contributed by atoms with Crippen LogP contribution in [-0.2, 0) is 20.9 Å². The molecule has 1 aliphatic rings. The number of esters is 1. The highest BCUT2D eigenvalue weighted by molar-refractivity contribution is 8.18. The monoisotopic (exact) mass is 490 g/mol. The summed E-state index contributed by atoms with van der Waals surface area (Å²) in [6, 6.07) is 11.1. The third-order valence-corrected chi connectivity index (χ3v) is 6.03. The van der Waals surface area contributed by atoms with E-state index in [0.717, 1.165) is 4.90 Å². The second-order valence-corrected chi connectivity index (χ2v) is 8.43. The zero-order valence-corrected chi connectivity index (χ0v) is 19.3. The normalized spacial score (nSPS) is 15.6. The first-order chi connectivity index (χ1) is 15.3. The molecule has 1 saturated heterocycles. The molecule has 2 aromatic rings. The van der Waals surface area contributed by atoms with Crippen LogP contribution in [0.5, 0.6) is 5.75 Å².